The quantitative estimate of drug-likeness (QED) is 0.805. The van der Waals surface area contributed by atoms with Gasteiger partial charge in [0.05, 0.1) is 0 Å². The van der Waals surface area contributed by atoms with Crippen molar-refractivity contribution in [3.05, 3.63) is 0 Å². The number of rotatable bonds is 5. The Labute approximate surface area is 118 Å². The molecule has 0 amide bonds. The SMILES string of the molecule is CC1CCCCN1S(=O)(=O)NC(CCN)C(C)(C)C. The van der Waals surface area contributed by atoms with Gasteiger partial charge in [0.1, 0.15) is 0 Å². The Balaban J connectivity index is 2.81. The molecule has 114 valence electrons. The third-order valence-electron chi connectivity index (χ3n) is 3.84. The topological polar surface area (TPSA) is 75.4 Å². The van der Waals surface area contributed by atoms with Crippen LogP contribution >= 0.6 is 0 Å². The molecule has 1 saturated heterocycles. The van der Waals surface area contributed by atoms with Crippen LogP contribution in [0.1, 0.15) is 53.4 Å². The van der Waals surface area contributed by atoms with Crippen LogP contribution in [-0.2, 0) is 10.2 Å². The maximum Gasteiger partial charge on any atom is 0.279 e. The highest BCUT2D eigenvalue weighted by molar-refractivity contribution is 7.87. The van der Waals surface area contributed by atoms with Gasteiger partial charge in [0.25, 0.3) is 10.2 Å². The molecule has 1 rings (SSSR count). The first-order chi connectivity index (χ1) is 8.68. The summed E-state index contributed by atoms with van der Waals surface area (Å²) in [6.45, 7) is 9.20. The standard InChI is InChI=1S/C13H29N3O2S/c1-11-7-5-6-10-16(11)19(17,18)15-12(8-9-14)13(2,3)4/h11-12,15H,5-10,14H2,1-4H3. The van der Waals surface area contributed by atoms with E-state index in [1.54, 1.807) is 4.31 Å². The van der Waals surface area contributed by atoms with Crippen LogP contribution in [0.2, 0.25) is 0 Å². The Kier molecular flexibility index (Phi) is 5.79. The van der Waals surface area contributed by atoms with E-state index in [4.69, 9.17) is 5.73 Å². The van der Waals surface area contributed by atoms with Crippen molar-refractivity contribution in [2.24, 2.45) is 11.1 Å². The van der Waals surface area contributed by atoms with E-state index >= 15 is 0 Å². The summed E-state index contributed by atoms with van der Waals surface area (Å²) in [7, 11) is -3.41. The van der Waals surface area contributed by atoms with Gasteiger partial charge in [0, 0.05) is 18.6 Å². The summed E-state index contributed by atoms with van der Waals surface area (Å²) in [6.07, 6.45) is 3.66. The summed E-state index contributed by atoms with van der Waals surface area (Å²) in [5.74, 6) is 0. The highest BCUT2D eigenvalue weighted by atomic mass is 32.2. The number of nitrogens with zero attached hydrogens (tertiary/aromatic N) is 1. The molecule has 19 heavy (non-hydrogen) atoms. The molecule has 6 heteroatoms. The van der Waals surface area contributed by atoms with E-state index in [1.807, 2.05) is 27.7 Å². The fourth-order valence-corrected chi connectivity index (χ4v) is 4.43. The molecule has 5 nitrogen and oxygen atoms in total. The predicted molar refractivity (Wildman–Crippen MR) is 79.0 cm³/mol. The molecule has 2 unspecified atom stereocenters. The molecule has 1 aliphatic rings. The molecular formula is C13H29N3O2S. The lowest BCUT2D eigenvalue weighted by atomic mass is 9.85. The summed E-state index contributed by atoms with van der Waals surface area (Å²) < 4.78 is 29.5. The minimum atomic E-state index is -3.41. The van der Waals surface area contributed by atoms with Crippen molar-refractivity contribution in [2.45, 2.75) is 65.5 Å². The van der Waals surface area contributed by atoms with Crippen LogP contribution in [0.5, 0.6) is 0 Å². The first kappa shape index (κ1) is 16.9. The maximum absolute atomic E-state index is 12.5. The number of nitrogens with two attached hydrogens (primary N) is 1. The van der Waals surface area contributed by atoms with Crippen molar-refractivity contribution < 1.29 is 8.42 Å². The van der Waals surface area contributed by atoms with Gasteiger partial charge in [-0.2, -0.15) is 17.4 Å². The van der Waals surface area contributed by atoms with Crippen molar-refractivity contribution in [1.82, 2.24) is 9.03 Å². The van der Waals surface area contributed by atoms with E-state index in [9.17, 15) is 8.42 Å². The van der Waals surface area contributed by atoms with Crippen LogP contribution in [0.3, 0.4) is 0 Å². The molecule has 0 saturated carbocycles. The predicted octanol–water partition coefficient (Wildman–Crippen LogP) is 1.46. The molecule has 3 N–H and O–H groups in total. The molecular weight excluding hydrogens is 262 g/mol. The van der Waals surface area contributed by atoms with Crippen molar-refractivity contribution in [2.75, 3.05) is 13.1 Å². The number of hydrogen-bond acceptors (Lipinski definition) is 3. The van der Waals surface area contributed by atoms with E-state index in [0.717, 1.165) is 19.3 Å². The molecule has 0 aromatic rings. The normalized spacial score (nSPS) is 24.4. The van der Waals surface area contributed by atoms with Gasteiger partial charge in [-0.25, -0.2) is 0 Å². The molecule has 1 heterocycles. The molecule has 1 fully saturated rings. The second kappa shape index (κ2) is 6.52. The summed E-state index contributed by atoms with van der Waals surface area (Å²) in [5, 5.41) is 0. The molecule has 0 spiro atoms. The molecule has 1 aliphatic heterocycles. The Morgan fingerprint density at radius 3 is 2.47 bits per heavy atom. The Morgan fingerprint density at radius 2 is 2.00 bits per heavy atom. The van der Waals surface area contributed by atoms with Crippen molar-refractivity contribution in [1.29, 1.82) is 0 Å². The van der Waals surface area contributed by atoms with E-state index in [1.165, 1.54) is 0 Å². The van der Waals surface area contributed by atoms with E-state index in [-0.39, 0.29) is 17.5 Å². The second-order valence-electron chi connectivity index (χ2n) is 6.57. The Hall–Kier alpha value is -0.170. The van der Waals surface area contributed by atoms with E-state index in [2.05, 4.69) is 4.72 Å². The fourth-order valence-electron chi connectivity index (χ4n) is 2.51. The lowest BCUT2D eigenvalue weighted by molar-refractivity contribution is 0.246. The summed E-state index contributed by atoms with van der Waals surface area (Å²) in [4.78, 5) is 0. The van der Waals surface area contributed by atoms with Crippen molar-refractivity contribution >= 4 is 10.2 Å². The lowest BCUT2D eigenvalue weighted by Crippen LogP contribution is -2.53. The maximum atomic E-state index is 12.5. The average Bonchev–Trinajstić information content (AvgIpc) is 2.27. The third-order valence-corrected chi connectivity index (χ3v) is 5.58. The zero-order valence-electron chi connectivity index (χ0n) is 12.6. The van der Waals surface area contributed by atoms with Crippen LogP contribution in [0.15, 0.2) is 0 Å². The van der Waals surface area contributed by atoms with Crippen molar-refractivity contribution in [3.63, 3.8) is 0 Å². The van der Waals surface area contributed by atoms with Gasteiger partial charge in [-0.1, -0.05) is 27.2 Å². The van der Waals surface area contributed by atoms with E-state index < -0.39 is 10.2 Å². The molecule has 0 radical (unpaired) electrons. The van der Waals surface area contributed by atoms with Crippen LogP contribution in [0.25, 0.3) is 0 Å². The minimum absolute atomic E-state index is 0.0877. The summed E-state index contributed by atoms with van der Waals surface area (Å²) in [6, 6.07) is -0.0404. The van der Waals surface area contributed by atoms with Gasteiger partial charge >= 0.3 is 0 Å². The van der Waals surface area contributed by atoms with Crippen LogP contribution in [0, 0.1) is 5.41 Å². The summed E-state index contributed by atoms with van der Waals surface area (Å²) in [5.41, 5.74) is 5.47. The molecule has 0 aromatic heterocycles. The fraction of sp³-hybridized carbons (Fsp3) is 1.00. The van der Waals surface area contributed by atoms with Gasteiger partial charge in [-0.05, 0) is 38.1 Å². The average molecular weight is 291 g/mol. The number of hydrogen-bond donors (Lipinski definition) is 2. The highest BCUT2D eigenvalue weighted by Gasteiger charge is 2.34. The van der Waals surface area contributed by atoms with Crippen LogP contribution in [0.4, 0.5) is 0 Å². The molecule has 0 aromatic carbocycles. The monoisotopic (exact) mass is 291 g/mol. The Bertz CT molecular complexity index is 376. The Morgan fingerprint density at radius 1 is 1.37 bits per heavy atom. The highest BCUT2D eigenvalue weighted by Crippen LogP contribution is 2.25. The molecule has 0 bridgehead atoms. The van der Waals surface area contributed by atoms with Gasteiger partial charge < -0.3 is 5.73 Å². The number of piperidine rings is 1. The van der Waals surface area contributed by atoms with Crippen LogP contribution < -0.4 is 10.5 Å². The van der Waals surface area contributed by atoms with E-state index in [0.29, 0.717) is 19.5 Å². The van der Waals surface area contributed by atoms with Gasteiger partial charge in [0.15, 0.2) is 0 Å². The van der Waals surface area contributed by atoms with Crippen LogP contribution in [-0.4, -0.2) is 37.9 Å². The largest absolute Gasteiger partial charge is 0.330 e. The number of nitrogens with one attached hydrogen (secondary N) is 1. The van der Waals surface area contributed by atoms with Gasteiger partial charge in [0.2, 0.25) is 0 Å². The summed E-state index contributed by atoms with van der Waals surface area (Å²) >= 11 is 0. The minimum Gasteiger partial charge on any atom is -0.330 e. The smallest absolute Gasteiger partial charge is 0.279 e. The van der Waals surface area contributed by atoms with Gasteiger partial charge in [-0.15, -0.1) is 0 Å². The zero-order valence-corrected chi connectivity index (χ0v) is 13.5. The molecule has 0 aliphatic carbocycles. The third kappa shape index (κ3) is 4.70. The lowest BCUT2D eigenvalue weighted by Gasteiger charge is -2.37. The zero-order chi connectivity index (χ0) is 14.7. The second-order valence-corrected chi connectivity index (χ2v) is 8.23. The van der Waals surface area contributed by atoms with Crippen molar-refractivity contribution in [3.8, 4) is 0 Å². The first-order valence-electron chi connectivity index (χ1n) is 7.17. The van der Waals surface area contributed by atoms with Gasteiger partial charge in [-0.3, -0.25) is 0 Å². The molecule has 2 atom stereocenters. The first-order valence-corrected chi connectivity index (χ1v) is 8.61.